The van der Waals surface area contributed by atoms with Crippen molar-refractivity contribution >= 4 is 6.03 Å². The van der Waals surface area contributed by atoms with Crippen molar-refractivity contribution in [3.05, 3.63) is 35.5 Å². The molecule has 8 nitrogen and oxygen atoms in total. The van der Waals surface area contributed by atoms with E-state index in [1.165, 1.54) is 12.8 Å². The second kappa shape index (κ2) is 7.33. The molecule has 148 valence electrons. The monoisotopic (exact) mass is 384 g/mol. The fourth-order valence-corrected chi connectivity index (χ4v) is 3.86. The van der Waals surface area contributed by atoms with Gasteiger partial charge in [-0.2, -0.15) is 4.98 Å². The lowest BCUT2D eigenvalue weighted by molar-refractivity contribution is 0.161. The number of rotatable bonds is 5. The standard InChI is InChI=1S/C20H24N4O4/c25-20(21-10-13-3-6-16-17(8-13)27-12-26-16)24-7-1-2-14(11-24)9-18-22-19(23-28-18)15-4-5-15/h3,6,8,14-15H,1-2,4-5,7,9-12H2,(H,21,25)/t14-/m1/s1. The molecule has 2 fully saturated rings. The van der Waals surface area contributed by atoms with Crippen molar-refractivity contribution in [1.82, 2.24) is 20.4 Å². The Labute approximate surface area is 163 Å². The van der Waals surface area contributed by atoms with E-state index in [0.29, 0.717) is 30.8 Å². The smallest absolute Gasteiger partial charge is 0.317 e. The predicted octanol–water partition coefficient (Wildman–Crippen LogP) is 2.84. The van der Waals surface area contributed by atoms with Gasteiger partial charge < -0.3 is 24.2 Å². The predicted molar refractivity (Wildman–Crippen MR) is 99.1 cm³/mol. The Morgan fingerprint density at radius 2 is 2.11 bits per heavy atom. The van der Waals surface area contributed by atoms with Gasteiger partial charge in [0.15, 0.2) is 17.3 Å². The van der Waals surface area contributed by atoms with Crippen LogP contribution in [0.4, 0.5) is 4.79 Å². The van der Waals surface area contributed by atoms with Crippen LogP contribution < -0.4 is 14.8 Å². The van der Waals surface area contributed by atoms with Crippen LogP contribution in [0.3, 0.4) is 0 Å². The maximum atomic E-state index is 12.6. The summed E-state index contributed by atoms with van der Waals surface area (Å²) in [6, 6.07) is 5.70. The molecular formula is C20H24N4O4. The summed E-state index contributed by atoms with van der Waals surface area (Å²) < 4.78 is 16.1. The highest BCUT2D eigenvalue weighted by molar-refractivity contribution is 5.74. The van der Waals surface area contributed by atoms with Gasteiger partial charge in [0.1, 0.15) is 0 Å². The van der Waals surface area contributed by atoms with Crippen molar-refractivity contribution in [3.8, 4) is 11.5 Å². The molecule has 3 heterocycles. The molecule has 0 spiro atoms. The lowest BCUT2D eigenvalue weighted by Gasteiger charge is -2.32. The molecule has 2 amide bonds. The van der Waals surface area contributed by atoms with Crippen molar-refractivity contribution in [2.45, 2.75) is 44.6 Å². The van der Waals surface area contributed by atoms with Crippen molar-refractivity contribution in [2.24, 2.45) is 5.92 Å². The fourth-order valence-electron chi connectivity index (χ4n) is 3.86. The molecule has 1 aromatic carbocycles. The first-order chi connectivity index (χ1) is 13.7. The molecule has 1 N–H and O–H groups in total. The molecule has 1 aliphatic carbocycles. The van der Waals surface area contributed by atoms with Crippen LogP contribution in [0.2, 0.25) is 0 Å². The van der Waals surface area contributed by atoms with E-state index in [-0.39, 0.29) is 12.8 Å². The molecule has 1 aromatic heterocycles. The minimum Gasteiger partial charge on any atom is -0.454 e. The minimum absolute atomic E-state index is 0.0356. The zero-order chi connectivity index (χ0) is 18.9. The second-order valence-corrected chi connectivity index (χ2v) is 7.83. The first-order valence-corrected chi connectivity index (χ1v) is 9.98. The largest absolute Gasteiger partial charge is 0.454 e. The number of amides is 2. The third kappa shape index (κ3) is 3.76. The topological polar surface area (TPSA) is 89.7 Å². The molecule has 1 saturated heterocycles. The maximum absolute atomic E-state index is 12.6. The molecule has 1 saturated carbocycles. The highest BCUT2D eigenvalue weighted by Gasteiger charge is 2.30. The molecule has 28 heavy (non-hydrogen) atoms. The number of fused-ring (bicyclic) bond motifs is 1. The van der Waals surface area contributed by atoms with Gasteiger partial charge in [0.25, 0.3) is 0 Å². The molecule has 5 rings (SSSR count). The normalized spacial score (nSPS) is 21.0. The summed E-state index contributed by atoms with van der Waals surface area (Å²) in [5.41, 5.74) is 0.990. The van der Waals surface area contributed by atoms with E-state index in [0.717, 1.165) is 48.7 Å². The number of aromatic nitrogens is 2. The van der Waals surface area contributed by atoms with Crippen LogP contribution in [0, 0.1) is 5.92 Å². The van der Waals surface area contributed by atoms with Gasteiger partial charge in [-0.15, -0.1) is 0 Å². The van der Waals surface area contributed by atoms with E-state index in [1.54, 1.807) is 0 Å². The molecule has 2 aromatic rings. The van der Waals surface area contributed by atoms with E-state index in [1.807, 2.05) is 23.1 Å². The number of carbonyl (C=O) groups excluding carboxylic acids is 1. The van der Waals surface area contributed by atoms with E-state index in [2.05, 4.69) is 15.5 Å². The van der Waals surface area contributed by atoms with E-state index >= 15 is 0 Å². The van der Waals surface area contributed by atoms with Crippen molar-refractivity contribution in [1.29, 1.82) is 0 Å². The number of likely N-dealkylation sites (tertiary alicyclic amines) is 1. The van der Waals surface area contributed by atoms with Crippen molar-refractivity contribution in [3.63, 3.8) is 0 Å². The Bertz CT molecular complexity index is 864. The van der Waals surface area contributed by atoms with Gasteiger partial charge >= 0.3 is 6.03 Å². The van der Waals surface area contributed by atoms with Gasteiger partial charge in [-0.05, 0) is 49.3 Å². The van der Waals surface area contributed by atoms with Crippen LogP contribution in [0.5, 0.6) is 11.5 Å². The molecule has 1 atom stereocenters. The van der Waals surface area contributed by atoms with Crippen LogP contribution in [0.1, 0.15) is 48.9 Å². The number of carbonyl (C=O) groups is 1. The average molecular weight is 384 g/mol. The highest BCUT2D eigenvalue weighted by atomic mass is 16.7. The summed E-state index contributed by atoms with van der Waals surface area (Å²) in [6.07, 6.45) is 5.14. The number of ether oxygens (including phenoxy) is 2. The Kier molecular flexibility index (Phi) is 4.54. The summed E-state index contributed by atoms with van der Waals surface area (Å²) in [7, 11) is 0. The first kappa shape index (κ1) is 17.3. The number of urea groups is 1. The van der Waals surface area contributed by atoms with Gasteiger partial charge in [0.05, 0.1) is 0 Å². The highest BCUT2D eigenvalue weighted by Crippen LogP contribution is 2.38. The van der Waals surface area contributed by atoms with Gasteiger partial charge in [0, 0.05) is 32.0 Å². The van der Waals surface area contributed by atoms with Gasteiger partial charge in [-0.1, -0.05) is 11.2 Å². The molecule has 3 aliphatic rings. The number of nitrogens with one attached hydrogen (secondary N) is 1. The molecule has 0 bridgehead atoms. The Balaban J connectivity index is 1.13. The molecule has 0 radical (unpaired) electrons. The molecule has 8 heteroatoms. The van der Waals surface area contributed by atoms with E-state index < -0.39 is 0 Å². The lowest BCUT2D eigenvalue weighted by Crippen LogP contribution is -2.45. The fraction of sp³-hybridized carbons (Fsp3) is 0.550. The Morgan fingerprint density at radius 3 is 3.00 bits per heavy atom. The summed E-state index contributed by atoms with van der Waals surface area (Å²) in [5, 5.41) is 7.10. The average Bonchev–Trinajstić information content (AvgIpc) is 3.28. The summed E-state index contributed by atoms with van der Waals surface area (Å²) >= 11 is 0. The summed E-state index contributed by atoms with van der Waals surface area (Å²) in [4.78, 5) is 19.0. The minimum atomic E-state index is -0.0356. The SMILES string of the molecule is O=C(NCc1ccc2c(c1)OCO2)N1CCC[C@H](Cc2nc(C3CC3)no2)C1. The van der Waals surface area contributed by atoms with E-state index in [9.17, 15) is 4.79 Å². The van der Waals surface area contributed by atoms with Crippen molar-refractivity contribution in [2.75, 3.05) is 19.9 Å². The van der Waals surface area contributed by atoms with Crippen molar-refractivity contribution < 1.29 is 18.8 Å². The molecule has 2 aliphatic heterocycles. The van der Waals surface area contributed by atoms with Gasteiger partial charge in [-0.25, -0.2) is 4.79 Å². The number of nitrogens with zero attached hydrogens (tertiary/aromatic N) is 3. The maximum Gasteiger partial charge on any atom is 0.317 e. The Hall–Kier alpha value is -2.77. The van der Waals surface area contributed by atoms with Crippen LogP contribution in [-0.2, 0) is 13.0 Å². The number of benzene rings is 1. The summed E-state index contributed by atoms with van der Waals surface area (Å²) in [5.74, 6) is 3.90. The second-order valence-electron chi connectivity index (χ2n) is 7.83. The van der Waals surface area contributed by atoms with Crippen LogP contribution >= 0.6 is 0 Å². The Morgan fingerprint density at radius 1 is 1.21 bits per heavy atom. The third-order valence-corrected chi connectivity index (χ3v) is 5.58. The zero-order valence-corrected chi connectivity index (χ0v) is 15.7. The first-order valence-electron chi connectivity index (χ1n) is 9.98. The quantitative estimate of drug-likeness (QED) is 0.853. The van der Waals surface area contributed by atoms with E-state index in [4.69, 9.17) is 14.0 Å². The van der Waals surface area contributed by atoms with Gasteiger partial charge in [-0.3, -0.25) is 0 Å². The third-order valence-electron chi connectivity index (χ3n) is 5.58. The van der Waals surface area contributed by atoms with Crippen LogP contribution in [0.25, 0.3) is 0 Å². The zero-order valence-electron chi connectivity index (χ0n) is 15.7. The number of hydrogen-bond donors (Lipinski definition) is 1. The lowest BCUT2D eigenvalue weighted by atomic mass is 9.95. The number of piperidine rings is 1. The summed E-state index contributed by atoms with van der Waals surface area (Å²) in [6.45, 7) is 2.21. The van der Waals surface area contributed by atoms with Crippen LogP contribution in [0.15, 0.2) is 22.7 Å². The van der Waals surface area contributed by atoms with Gasteiger partial charge in [0.2, 0.25) is 12.7 Å². The number of hydrogen-bond acceptors (Lipinski definition) is 6. The molecular weight excluding hydrogens is 360 g/mol. The van der Waals surface area contributed by atoms with Crippen LogP contribution in [-0.4, -0.2) is 41.0 Å². The molecule has 0 unspecified atom stereocenters.